The van der Waals surface area contributed by atoms with Gasteiger partial charge in [-0.05, 0) is 58.5 Å². The second-order valence-electron chi connectivity index (χ2n) is 6.64. The Kier molecular flexibility index (Phi) is 6.48. The van der Waals surface area contributed by atoms with E-state index >= 15 is 0 Å². The van der Waals surface area contributed by atoms with Gasteiger partial charge in [-0.25, -0.2) is 0 Å². The quantitative estimate of drug-likeness (QED) is 0.727. The molecule has 4 heteroatoms. The summed E-state index contributed by atoms with van der Waals surface area (Å²) in [5.74, 6) is -0.120. The van der Waals surface area contributed by atoms with E-state index < -0.39 is 5.97 Å². The third kappa shape index (κ3) is 5.13. The summed E-state index contributed by atoms with van der Waals surface area (Å²) in [5.41, 5.74) is -0.262. The summed E-state index contributed by atoms with van der Waals surface area (Å²) in [6.45, 7) is 7.80. The standard InChI is InChI=1S/C16H28N2O2/c1-4-13-7-10-18(14(11-13)15(19)20)9-6-5-8-16(2,3)12-17/h13-14H,4-11H2,1-3H3,(H,19,20). The minimum Gasteiger partial charge on any atom is -0.480 e. The molecule has 0 spiro atoms. The van der Waals surface area contributed by atoms with Gasteiger partial charge in [-0.3, -0.25) is 9.69 Å². The summed E-state index contributed by atoms with van der Waals surface area (Å²) >= 11 is 0. The minimum absolute atomic E-state index is 0.262. The van der Waals surface area contributed by atoms with E-state index in [0.29, 0.717) is 5.92 Å². The predicted octanol–water partition coefficient (Wildman–Crippen LogP) is 3.28. The third-order valence-electron chi connectivity index (χ3n) is 4.48. The van der Waals surface area contributed by atoms with Gasteiger partial charge in [0.25, 0.3) is 0 Å². The van der Waals surface area contributed by atoms with Gasteiger partial charge in [0.2, 0.25) is 0 Å². The number of nitriles is 1. The Morgan fingerprint density at radius 3 is 2.70 bits per heavy atom. The van der Waals surface area contributed by atoms with Crippen molar-refractivity contribution in [2.24, 2.45) is 11.3 Å². The van der Waals surface area contributed by atoms with Crippen molar-refractivity contribution >= 4 is 5.97 Å². The van der Waals surface area contributed by atoms with Crippen LogP contribution in [0.4, 0.5) is 0 Å². The van der Waals surface area contributed by atoms with Gasteiger partial charge in [0.1, 0.15) is 6.04 Å². The summed E-state index contributed by atoms with van der Waals surface area (Å²) in [4.78, 5) is 13.5. The van der Waals surface area contributed by atoms with Crippen molar-refractivity contribution < 1.29 is 9.90 Å². The van der Waals surface area contributed by atoms with Crippen LogP contribution in [0.5, 0.6) is 0 Å². The highest BCUT2D eigenvalue weighted by Gasteiger charge is 2.32. The summed E-state index contributed by atoms with van der Waals surface area (Å²) < 4.78 is 0. The lowest BCUT2D eigenvalue weighted by atomic mass is 9.87. The van der Waals surface area contributed by atoms with Crippen LogP contribution in [0.2, 0.25) is 0 Å². The van der Waals surface area contributed by atoms with Crippen LogP contribution in [0.1, 0.15) is 59.3 Å². The highest BCUT2D eigenvalue weighted by Crippen LogP contribution is 2.27. The predicted molar refractivity (Wildman–Crippen MR) is 79.3 cm³/mol. The minimum atomic E-state index is -0.680. The van der Waals surface area contributed by atoms with E-state index in [4.69, 9.17) is 5.26 Å². The van der Waals surface area contributed by atoms with Crippen LogP contribution in [0.15, 0.2) is 0 Å². The van der Waals surface area contributed by atoms with Gasteiger partial charge < -0.3 is 5.11 Å². The van der Waals surface area contributed by atoms with Gasteiger partial charge in [-0.15, -0.1) is 0 Å². The molecule has 0 bridgehead atoms. The molecular formula is C16H28N2O2. The number of aliphatic carboxylic acids is 1. The average Bonchev–Trinajstić information content (AvgIpc) is 2.43. The first-order valence-electron chi connectivity index (χ1n) is 7.77. The molecule has 1 fully saturated rings. The van der Waals surface area contributed by atoms with E-state index in [1.54, 1.807) is 0 Å². The molecular weight excluding hydrogens is 252 g/mol. The van der Waals surface area contributed by atoms with E-state index in [0.717, 1.165) is 51.6 Å². The summed E-state index contributed by atoms with van der Waals surface area (Å²) in [6, 6.07) is 2.00. The SMILES string of the molecule is CCC1CCN(CCCCC(C)(C)C#N)C(C(=O)O)C1. The fraction of sp³-hybridized carbons (Fsp3) is 0.875. The van der Waals surface area contributed by atoms with Crippen LogP contribution in [0, 0.1) is 22.7 Å². The van der Waals surface area contributed by atoms with E-state index in [1.165, 1.54) is 0 Å². The molecule has 1 aliphatic heterocycles. The summed E-state index contributed by atoms with van der Waals surface area (Å²) in [7, 11) is 0. The maximum absolute atomic E-state index is 11.4. The lowest BCUT2D eigenvalue weighted by molar-refractivity contribution is -0.145. The molecule has 0 saturated carbocycles. The smallest absolute Gasteiger partial charge is 0.320 e. The maximum Gasteiger partial charge on any atom is 0.320 e. The molecule has 1 aliphatic rings. The monoisotopic (exact) mass is 280 g/mol. The van der Waals surface area contributed by atoms with Crippen molar-refractivity contribution in [3.8, 4) is 6.07 Å². The Morgan fingerprint density at radius 2 is 2.15 bits per heavy atom. The average molecular weight is 280 g/mol. The van der Waals surface area contributed by atoms with Gasteiger partial charge in [0.15, 0.2) is 0 Å². The van der Waals surface area contributed by atoms with E-state index in [-0.39, 0.29) is 11.5 Å². The van der Waals surface area contributed by atoms with Gasteiger partial charge in [0.05, 0.1) is 11.5 Å². The van der Waals surface area contributed by atoms with Crippen molar-refractivity contribution in [1.82, 2.24) is 4.90 Å². The molecule has 2 unspecified atom stereocenters. The van der Waals surface area contributed by atoms with E-state index in [1.807, 2.05) is 13.8 Å². The Bertz CT molecular complexity index is 360. The fourth-order valence-corrected chi connectivity index (χ4v) is 2.92. The lowest BCUT2D eigenvalue weighted by Crippen LogP contribution is -2.47. The number of carboxylic acid groups (broad SMARTS) is 1. The Hall–Kier alpha value is -1.08. The number of rotatable bonds is 7. The molecule has 0 amide bonds. The maximum atomic E-state index is 11.4. The molecule has 2 atom stereocenters. The number of carbonyl (C=O) groups is 1. The number of piperidine rings is 1. The topological polar surface area (TPSA) is 64.3 Å². The molecule has 0 aromatic rings. The number of unbranched alkanes of at least 4 members (excludes halogenated alkanes) is 1. The number of likely N-dealkylation sites (tertiary alicyclic amines) is 1. The van der Waals surface area contributed by atoms with Crippen LogP contribution in [0.3, 0.4) is 0 Å². The first-order valence-corrected chi connectivity index (χ1v) is 7.77. The fourth-order valence-electron chi connectivity index (χ4n) is 2.92. The van der Waals surface area contributed by atoms with Crippen LogP contribution in [-0.2, 0) is 4.79 Å². The molecule has 0 aromatic carbocycles. The molecule has 0 radical (unpaired) electrons. The first kappa shape index (κ1) is 17.0. The Balaban J connectivity index is 2.38. The first-order chi connectivity index (χ1) is 9.39. The molecule has 1 heterocycles. The third-order valence-corrected chi connectivity index (χ3v) is 4.48. The van der Waals surface area contributed by atoms with Crippen LogP contribution >= 0.6 is 0 Å². The van der Waals surface area contributed by atoms with Crippen LogP contribution in [0.25, 0.3) is 0 Å². The van der Waals surface area contributed by atoms with Gasteiger partial charge in [0, 0.05) is 0 Å². The molecule has 4 nitrogen and oxygen atoms in total. The van der Waals surface area contributed by atoms with Crippen molar-refractivity contribution in [2.45, 2.75) is 65.3 Å². The van der Waals surface area contributed by atoms with E-state index in [9.17, 15) is 9.90 Å². The van der Waals surface area contributed by atoms with Crippen LogP contribution < -0.4 is 0 Å². The molecule has 1 rings (SSSR count). The zero-order valence-corrected chi connectivity index (χ0v) is 13.1. The second-order valence-corrected chi connectivity index (χ2v) is 6.64. The Morgan fingerprint density at radius 1 is 1.45 bits per heavy atom. The van der Waals surface area contributed by atoms with Gasteiger partial charge in [-0.1, -0.05) is 19.8 Å². The second kappa shape index (κ2) is 7.64. The molecule has 114 valence electrons. The number of nitrogens with zero attached hydrogens (tertiary/aromatic N) is 2. The normalized spacial score (nSPS) is 24.3. The van der Waals surface area contributed by atoms with Gasteiger partial charge in [-0.2, -0.15) is 5.26 Å². The van der Waals surface area contributed by atoms with Crippen molar-refractivity contribution in [2.75, 3.05) is 13.1 Å². The molecule has 1 N–H and O–H groups in total. The lowest BCUT2D eigenvalue weighted by Gasteiger charge is -2.37. The van der Waals surface area contributed by atoms with Crippen molar-refractivity contribution in [3.05, 3.63) is 0 Å². The Labute approximate surface area is 122 Å². The van der Waals surface area contributed by atoms with Crippen LogP contribution in [-0.4, -0.2) is 35.1 Å². The van der Waals surface area contributed by atoms with Crippen molar-refractivity contribution in [3.63, 3.8) is 0 Å². The molecule has 0 aromatic heterocycles. The number of carboxylic acids is 1. The largest absolute Gasteiger partial charge is 0.480 e. The highest BCUT2D eigenvalue weighted by molar-refractivity contribution is 5.73. The highest BCUT2D eigenvalue weighted by atomic mass is 16.4. The van der Waals surface area contributed by atoms with Crippen molar-refractivity contribution in [1.29, 1.82) is 5.26 Å². The zero-order chi connectivity index (χ0) is 15.2. The molecule has 0 aliphatic carbocycles. The number of hydrogen-bond acceptors (Lipinski definition) is 3. The van der Waals surface area contributed by atoms with Gasteiger partial charge >= 0.3 is 5.97 Å². The summed E-state index contributed by atoms with van der Waals surface area (Å²) in [6.07, 6.45) is 5.83. The number of hydrogen-bond donors (Lipinski definition) is 1. The molecule has 20 heavy (non-hydrogen) atoms. The van der Waals surface area contributed by atoms with E-state index in [2.05, 4.69) is 17.9 Å². The summed E-state index contributed by atoms with van der Waals surface area (Å²) in [5, 5.41) is 18.3. The molecule has 1 saturated heterocycles. The zero-order valence-electron chi connectivity index (χ0n) is 13.1.